The van der Waals surface area contributed by atoms with Crippen LogP contribution in [0.2, 0.25) is 0 Å². The summed E-state index contributed by atoms with van der Waals surface area (Å²) in [6, 6.07) is 0. The molecule has 90 valence electrons. The van der Waals surface area contributed by atoms with Crippen molar-refractivity contribution in [3.8, 4) is 0 Å². The molecule has 0 saturated carbocycles. The van der Waals surface area contributed by atoms with Crippen molar-refractivity contribution in [3.05, 3.63) is 26.7 Å². The fraction of sp³-hybridized carbons (Fsp3) is 0.571. The summed E-state index contributed by atoms with van der Waals surface area (Å²) < 4.78 is 1.28. The zero-order chi connectivity index (χ0) is 12.3. The molecule has 0 amide bonds. The average molecular weight is 301 g/mol. The molecule has 0 aromatic heterocycles. The zero-order valence-corrected chi connectivity index (χ0v) is 13.3. The van der Waals surface area contributed by atoms with E-state index in [-0.39, 0.29) is 0 Å². The number of halogens is 1. The molecule has 2 heteroatoms. The SMILES string of the molecule is CCCCSc1c(C)c(C)c(Br)c(C)c1C. The Morgan fingerprint density at radius 3 is 1.88 bits per heavy atom. The van der Waals surface area contributed by atoms with E-state index in [9.17, 15) is 0 Å². The highest BCUT2D eigenvalue weighted by molar-refractivity contribution is 9.10. The summed E-state index contributed by atoms with van der Waals surface area (Å²) in [5, 5.41) is 0. The highest BCUT2D eigenvalue weighted by Gasteiger charge is 2.12. The van der Waals surface area contributed by atoms with Crippen molar-refractivity contribution in [2.45, 2.75) is 52.4 Å². The van der Waals surface area contributed by atoms with Crippen molar-refractivity contribution < 1.29 is 0 Å². The van der Waals surface area contributed by atoms with Crippen LogP contribution in [0.15, 0.2) is 9.37 Å². The van der Waals surface area contributed by atoms with Gasteiger partial charge in [0, 0.05) is 9.37 Å². The number of hydrogen-bond donors (Lipinski definition) is 0. The maximum Gasteiger partial charge on any atom is 0.0239 e. The van der Waals surface area contributed by atoms with Crippen LogP contribution in [-0.2, 0) is 0 Å². The molecular formula is C14H21BrS. The molecule has 0 heterocycles. The van der Waals surface area contributed by atoms with Gasteiger partial charge in [0.1, 0.15) is 0 Å². The maximum absolute atomic E-state index is 3.69. The zero-order valence-electron chi connectivity index (χ0n) is 10.9. The van der Waals surface area contributed by atoms with E-state index < -0.39 is 0 Å². The van der Waals surface area contributed by atoms with Gasteiger partial charge in [-0.3, -0.25) is 0 Å². The number of thioether (sulfide) groups is 1. The molecule has 1 rings (SSSR count). The van der Waals surface area contributed by atoms with E-state index in [0.717, 1.165) is 0 Å². The van der Waals surface area contributed by atoms with Gasteiger partial charge in [0.05, 0.1) is 0 Å². The molecule has 0 atom stereocenters. The molecule has 0 aliphatic carbocycles. The van der Waals surface area contributed by atoms with Gasteiger partial charge in [0.15, 0.2) is 0 Å². The Balaban J connectivity index is 3.08. The predicted octanol–water partition coefficient (Wildman–Crippen LogP) is 5.57. The molecule has 0 aliphatic rings. The van der Waals surface area contributed by atoms with Crippen molar-refractivity contribution in [2.75, 3.05) is 5.75 Å². The predicted molar refractivity (Wildman–Crippen MR) is 78.7 cm³/mol. The van der Waals surface area contributed by atoms with Crippen LogP contribution in [0, 0.1) is 27.7 Å². The van der Waals surface area contributed by atoms with Crippen molar-refractivity contribution in [1.82, 2.24) is 0 Å². The molecule has 0 nitrogen and oxygen atoms in total. The monoisotopic (exact) mass is 300 g/mol. The molecular weight excluding hydrogens is 280 g/mol. The topological polar surface area (TPSA) is 0 Å². The van der Waals surface area contributed by atoms with Gasteiger partial charge in [-0.25, -0.2) is 0 Å². The smallest absolute Gasteiger partial charge is 0.0239 e. The largest absolute Gasteiger partial charge is 0.126 e. The van der Waals surface area contributed by atoms with Crippen LogP contribution < -0.4 is 0 Å². The van der Waals surface area contributed by atoms with Crippen LogP contribution in [0.3, 0.4) is 0 Å². The van der Waals surface area contributed by atoms with E-state index in [1.165, 1.54) is 50.2 Å². The number of hydrogen-bond acceptors (Lipinski definition) is 1. The highest BCUT2D eigenvalue weighted by Crippen LogP contribution is 2.36. The normalized spacial score (nSPS) is 10.9. The third-order valence-corrected chi connectivity index (χ3v) is 5.79. The first kappa shape index (κ1) is 14.1. The van der Waals surface area contributed by atoms with Crippen molar-refractivity contribution >= 4 is 27.7 Å². The van der Waals surface area contributed by atoms with E-state index in [1.807, 2.05) is 11.8 Å². The molecule has 1 aromatic carbocycles. The fourth-order valence-corrected chi connectivity index (χ4v) is 3.74. The van der Waals surface area contributed by atoms with Gasteiger partial charge in [-0.15, -0.1) is 11.8 Å². The van der Waals surface area contributed by atoms with E-state index >= 15 is 0 Å². The Morgan fingerprint density at radius 1 is 0.938 bits per heavy atom. The standard InChI is InChI=1S/C14H21BrS/c1-6-7-8-16-14-11(4)9(2)13(15)10(3)12(14)5/h6-8H2,1-5H3. The summed E-state index contributed by atoms with van der Waals surface area (Å²) in [7, 11) is 0. The lowest BCUT2D eigenvalue weighted by Gasteiger charge is -2.17. The van der Waals surface area contributed by atoms with Crippen LogP contribution in [0.4, 0.5) is 0 Å². The van der Waals surface area contributed by atoms with Crippen LogP contribution in [-0.4, -0.2) is 5.75 Å². The molecule has 0 spiro atoms. The fourth-order valence-electron chi connectivity index (χ4n) is 1.77. The van der Waals surface area contributed by atoms with Gasteiger partial charge in [-0.1, -0.05) is 29.3 Å². The van der Waals surface area contributed by atoms with E-state index in [2.05, 4.69) is 50.5 Å². The van der Waals surface area contributed by atoms with Crippen LogP contribution in [0.5, 0.6) is 0 Å². The lowest BCUT2D eigenvalue weighted by molar-refractivity contribution is 0.895. The van der Waals surface area contributed by atoms with Crippen molar-refractivity contribution in [3.63, 3.8) is 0 Å². The molecule has 0 aliphatic heterocycles. The van der Waals surface area contributed by atoms with Gasteiger partial charge in [0.2, 0.25) is 0 Å². The van der Waals surface area contributed by atoms with Crippen LogP contribution in [0.25, 0.3) is 0 Å². The van der Waals surface area contributed by atoms with Crippen LogP contribution >= 0.6 is 27.7 Å². The Morgan fingerprint density at radius 2 is 1.44 bits per heavy atom. The molecule has 0 fully saturated rings. The van der Waals surface area contributed by atoms with E-state index in [4.69, 9.17) is 0 Å². The highest BCUT2D eigenvalue weighted by atomic mass is 79.9. The molecule has 0 bridgehead atoms. The summed E-state index contributed by atoms with van der Waals surface area (Å²) in [5.41, 5.74) is 5.66. The third kappa shape index (κ3) is 2.84. The lowest BCUT2D eigenvalue weighted by atomic mass is 10.0. The van der Waals surface area contributed by atoms with Crippen molar-refractivity contribution in [1.29, 1.82) is 0 Å². The summed E-state index contributed by atoms with van der Waals surface area (Å²) in [6.07, 6.45) is 2.58. The molecule has 16 heavy (non-hydrogen) atoms. The molecule has 0 saturated heterocycles. The lowest BCUT2D eigenvalue weighted by Crippen LogP contribution is -1.96. The summed E-state index contributed by atoms with van der Waals surface area (Å²) in [5.74, 6) is 1.23. The first-order valence-electron chi connectivity index (χ1n) is 5.89. The maximum atomic E-state index is 3.69. The van der Waals surface area contributed by atoms with Crippen molar-refractivity contribution in [2.24, 2.45) is 0 Å². The molecule has 0 N–H and O–H groups in total. The number of rotatable bonds is 4. The van der Waals surface area contributed by atoms with Gasteiger partial charge in [-0.05, 0) is 62.1 Å². The van der Waals surface area contributed by atoms with E-state index in [1.54, 1.807) is 0 Å². The number of unbranched alkanes of at least 4 members (excludes halogenated alkanes) is 1. The molecule has 1 aromatic rings. The molecule has 0 radical (unpaired) electrons. The number of benzene rings is 1. The minimum atomic E-state index is 1.23. The Hall–Kier alpha value is 0.0500. The Kier molecular flexibility index (Phi) is 5.39. The second-order valence-corrected chi connectivity index (χ2v) is 6.24. The second-order valence-electron chi connectivity index (χ2n) is 4.35. The minimum Gasteiger partial charge on any atom is -0.126 e. The first-order chi connectivity index (χ1) is 7.50. The minimum absolute atomic E-state index is 1.23. The van der Waals surface area contributed by atoms with Crippen LogP contribution in [0.1, 0.15) is 42.0 Å². The summed E-state index contributed by atoms with van der Waals surface area (Å²) in [4.78, 5) is 1.49. The van der Waals surface area contributed by atoms with Gasteiger partial charge in [0.25, 0.3) is 0 Å². The van der Waals surface area contributed by atoms with Gasteiger partial charge >= 0.3 is 0 Å². The van der Waals surface area contributed by atoms with Gasteiger partial charge in [-0.2, -0.15) is 0 Å². The molecule has 0 unspecified atom stereocenters. The quantitative estimate of drug-likeness (QED) is 0.517. The van der Waals surface area contributed by atoms with E-state index in [0.29, 0.717) is 0 Å². The third-order valence-electron chi connectivity index (χ3n) is 3.21. The summed E-state index contributed by atoms with van der Waals surface area (Å²) in [6.45, 7) is 11.1. The first-order valence-corrected chi connectivity index (χ1v) is 7.67. The Labute approximate surface area is 112 Å². The summed E-state index contributed by atoms with van der Waals surface area (Å²) >= 11 is 5.70. The average Bonchev–Trinajstić information content (AvgIpc) is 2.28. The van der Waals surface area contributed by atoms with Gasteiger partial charge < -0.3 is 0 Å². The Bertz CT molecular complexity index is 354. The second kappa shape index (κ2) is 6.11.